The number of piperidine rings is 1. The Balaban J connectivity index is 2.15. The van der Waals surface area contributed by atoms with Gasteiger partial charge in [-0.3, -0.25) is 9.78 Å². The van der Waals surface area contributed by atoms with E-state index in [1.807, 2.05) is 4.90 Å². The molecule has 2 heterocycles. The second-order valence-corrected chi connectivity index (χ2v) is 4.66. The molecule has 0 aromatic carbocycles. The molecule has 5 heteroatoms. The highest BCUT2D eigenvalue weighted by Crippen LogP contribution is 2.22. The van der Waals surface area contributed by atoms with E-state index in [9.17, 15) is 9.90 Å². The number of nitrogens with zero attached hydrogens (tertiary/aromatic N) is 2. The summed E-state index contributed by atoms with van der Waals surface area (Å²) in [4.78, 5) is 18.1. The molecular weight excluding hydrogens is 230 g/mol. The zero-order valence-electron chi connectivity index (χ0n) is 10.4. The Morgan fingerprint density at radius 3 is 3.06 bits per heavy atom. The lowest BCUT2D eigenvalue weighted by molar-refractivity contribution is 0.0604. The minimum atomic E-state index is -0.0587. The summed E-state index contributed by atoms with van der Waals surface area (Å²) in [6.45, 7) is 1.35. The highest BCUT2D eigenvalue weighted by molar-refractivity contribution is 5.94. The van der Waals surface area contributed by atoms with Gasteiger partial charge in [-0.25, -0.2) is 0 Å². The second kappa shape index (κ2) is 5.82. The maximum absolute atomic E-state index is 12.4. The van der Waals surface area contributed by atoms with Crippen LogP contribution < -0.4 is 5.73 Å². The van der Waals surface area contributed by atoms with Crippen LogP contribution in [-0.2, 0) is 0 Å². The van der Waals surface area contributed by atoms with Crippen LogP contribution in [0.15, 0.2) is 18.5 Å². The van der Waals surface area contributed by atoms with E-state index >= 15 is 0 Å². The first-order valence-corrected chi connectivity index (χ1v) is 6.37. The van der Waals surface area contributed by atoms with E-state index in [1.54, 1.807) is 0 Å². The fourth-order valence-corrected chi connectivity index (χ4v) is 2.47. The van der Waals surface area contributed by atoms with Crippen molar-refractivity contribution < 1.29 is 9.90 Å². The molecule has 98 valence electrons. The Morgan fingerprint density at radius 2 is 2.33 bits per heavy atom. The van der Waals surface area contributed by atoms with E-state index in [0.29, 0.717) is 12.1 Å². The standard InChI is InChI=1S/C13H19N3O2/c14-5-4-11-3-1-2-6-16(11)13(18)10-7-12(17)9-15-8-10/h7-9,11,17H,1-6,14H2. The Hall–Kier alpha value is -1.62. The molecule has 0 bridgehead atoms. The number of aromatic hydroxyl groups is 1. The molecule has 0 saturated carbocycles. The van der Waals surface area contributed by atoms with Crippen molar-refractivity contribution in [2.24, 2.45) is 5.73 Å². The van der Waals surface area contributed by atoms with Crippen molar-refractivity contribution in [1.29, 1.82) is 0 Å². The van der Waals surface area contributed by atoms with Gasteiger partial charge >= 0.3 is 0 Å². The summed E-state index contributed by atoms with van der Waals surface area (Å²) >= 11 is 0. The van der Waals surface area contributed by atoms with Crippen LogP contribution >= 0.6 is 0 Å². The van der Waals surface area contributed by atoms with Gasteiger partial charge in [-0.05, 0) is 38.3 Å². The fraction of sp³-hybridized carbons (Fsp3) is 0.538. The molecule has 0 radical (unpaired) electrons. The number of rotatable bonds is 3. The van der Waals surface area contributed by atoms with Gasteiger partial charge in [0.05, 0.1) is 11.8 Å². The quantitative estimate of drug-likeness (QED) is 0.841. The predicted molar refractivity (Wildman–Crippen MR) is 68.2 cm³/mol. The zero-order chi connectivity index (χ0) is 13.0. The third-order valence-corrected chi connectivity index (χ3v) is 3.36. The van der Waals surface area contributed by atoms with Crippen molar-refractivity contribution in [3.8, 4) is 5.75 Å². The lowest BCUT2D eigenvalue weighted by Gasteiger charge is -2.35. The van der Waals surface area contributed by atoms with Crippen molar-refractivity contribution >= 4 is 5.91 Å². The van der Waals surface area contributed by atoms with Gasteiger partial charge in [-0.1, -0.05) is 0 Å². The Bertz CT molecular complexity index is 420. The van der Waals surface area contributed by atoms with Gasteiger partial charge in [0.1, 0.15) is 5.75 Å². The van der Waals surface area contributed by atoms with Crippen LogP contribution in [0, 0.1) is 0 Å². The van der Waals surface area contributed by atoms with Crippen LogP contribution in [0.5, 0.6) is 5.75 Å². The van der Waals surface area contributed by atoms with Gasteiger partial charge in [0.25, 0.3) is 5.91 Å². The van der Waals surface area contributed by atoms with Gasteiger partial charge < -0.3 is 15.7 Å². The molecule has 18 heavy (non-hydrogen) atoms. The van der Waals surface area contributed by atoms with Gasteiger partial charge in [-0.15, -0.1) is 0 Å². The first-order chi connectivity index (χ1) is 8.72. The SMILES string of the molecule is NCCC1CCCCN1C(=O)c1cncc(O)c1. The molecule has 1 saturated heterocycles. The topological polar surface area (TPSA) is 79.5 Å². The number of pyridine rings is 1. The molecule has 0 aliphatic carbocycles. The van der Waals surface area contributed by atoms with E-state index in [1.165, 1.54) is 18.5 Å². The Labute approximate surface area is 107 Å². The summed E-state index contributed by atoms with van der Waals surface area (Å²) < 4.78 is 0. The minimum absolute atomic E-state index is 0.0215. The molecular formula is C13H19N3O2. The summed E-state index contributed by atoms with van der Waals surface area (Å²) in [5.74, 6) is -0.0372. The normalized spacial score (nSPS) is 19.8. The summed E-state index contributed by atoms with van der Waals surface area (Å²) in [5.41, 5.74) is 6.04. The van der Waals surface area contributed by atoms with E-state index in [0.717, 1.165) is 32.2 Å². The minimum Gasteiger partial charge on any atom is -0.506 e. The molecule has 1 aliphatic heterocycles. The van der Waals surface area contributed by atoms with Crippen LogP contribution in [-0.4, -0.2) is 40.0 Å². The van der Waals surface area contributed by atoms with E-state index in [4.69, 9.17) is 5.73 Å². The first-order valence-electron chi connectivity index (χ1n) is 6.37. The molecule has 1 fully saturated rings. The third kappa shape index (κ3) is 2.79. The van der Waals surface area contributed by atoms with Crippen LogP contribution in [0.3, 0.4) is 0 Å². The van der Waals surface area contributed by atoms with Crippen molar-refractivity contribution in [1.82, 2.24) is 9.88 Å². The number of likely N-dealkylation sites (tertiary alicyclic amines) is 1. The maximum atomic E-state index is 12.4. The van der Waals surface area contributed by atoms with Crippen LogP contribution in [0.4, 0.5) is 0 Å². The van der Waals surface area contributed by atoms with Crippen LogP contribution in [0.2, 0.25) is 0 Å². The molecule has 5 nitrogen and oxygen atoms in total. The van der Waals surface area contributed by atoms with Crippen LogP contribution in [0.25, 0.3) is 0 Å². The molecule has 1 atom stereocenters. The third-order valence-electron chi connectivity index (χ3n) is 3.36. The lowest BCUT2D eigenvalue weighted by Crippen LogP contribution is -2.44. The molecule has 3 N–H and O–H groups in total. The van der Waals surface area contributed by atoms with E-state index in [2.05, 4.69) is 4.98 Å². The van der Waals surface area contributed by atoms with Gasteiger partial charge in [0, 0.05) is 18.8 Å². The molecule has 1 aromatic rings. The fourth-order valence-electron chi connectivity index (χ4n) is 2.47. The molecule has 0 spiro atoms. The summed E-state index contributed by atoms with van der Waals surface area (Å²) in [5, 5.41) is 9.38. The van der Waals surface area contributed by atoms with Crippen molar-refractivity contribution in [2.75, 3.05) is 13.1 Å². The lowest BCUT2D eigenvalue weighted by atomic mass is 9.98. The van der Waals surface area contributed by atoms with E-state index in [-0.39, 0.29) is 17.7 Å². The monoisotopic (exact) mass is 249 g/mol. The summed E-state index contributed by atoms with van der Waals surface area (Å²) in [7, 11) is 0. The zero-order valence-corrected chi connectivity index (χ0v) is 10.4. The number of nitrogens with two attached hydrogens (primary N) is 1. The van der Waals surface area contributed by atoms with E-state index < -0.39 is 0 Å². The average molecular weight is 249 g/mol. The van der Waals surface area contributed by atoms with Crippen LogP contribution in [0.1, 0.15) is 36.0 Å². The number of carbonyl (C=O) groups excluding carboxylic acids is 1. The number of carbonyl (C=O) groups is 1. The highest BCUT2D eigenvalue weighted by Gasteiger charge is 2.27. The molecule has 1 amide bonds. The molecule has 2 rings (SSSR count). The van der Waals surface area contributed by atoms with Gasteiger partial charge in [-0.2, -0.15) is 0 Å². The molecule has 1 aromatic heterocycles. The number of aromatic nitrogens is 1. The highest BCUT2D eigenvalue weighted by atomic mass is 16.3. The molecule has 1 unspecified atom stereocenters. The largest absolute Gasteiger partial charge is 0.506 e. The molecule has 1 aliphatic rings. The van der Waals surface area contributed by atoms with Crippen molar-refractivity contribution in [3.63, 3.8) is 0 Å². The second-order valence-electron chi connectivity index (χ2n) is 4.66. The smallest absolute Gasteiger partial charge is 0.255 e. The average Bonchev–Trinajstić information content (AvgIpc) is 2.39. The number of hydrogen-bond donors (Lipinski definition) is 2. The Morgan fingerprint density at radius 1 is 1.50 bits per heavy atom. The van der Waals surface area contributed by atoms with Crippen molar-refractivity contribution in [3.05, 3.63) is 24.0 Å². The van der Waals surface area contributed by atoms with Gasteiger partial charge in [0.2, 0.25) is 0 Å². The van der Waals surface area contributed by atoms with Crippen molar-refractivity contribution in [2.45, 2.75) is 31.7 Å². The van der Waals surface area contributed by atoms with Gasteiger partial charge in [0.15, 0.2) is 0 Å². The number of amides is 1. The first kappa shape index (κ1) is 12.8. The maximum Gasteiger partial charge on any atom is 0.255 e. The summed E-state index contributed by atoms with van der Waals surface area (Å²) in [6, 6.07) is 1.68. The Kier molecular flexibility index (Phi) is 4.15. The summed E-state index contributed by atoms with van der Waals surface area (Å²) in [6.07, 6.45) is 6.83. The number of hydrogen-bond acceptors (Lipinski definition) is 4. The predicted octanol–water partition coefficient (Wildman–Crippen LogP) is 1.13.